The predicted octanol–water partition coefficient (Wildman–Crippen LogP) is 3.68. The second kappa shape index (κ2) is 8.49. The minimum Gasteiger partial charge on any atom is -0.485 e. The summed E-state index contributed by atoms with van der Waals surface area (Å²) in [6.45, 7) is 11.7. The second-order valence-corrected chi connectivity index (χ2v) is 9.80. The van der Waals surface area contributed by atoms with Crippen LogP contribution in [0, 0.1) is 0 Å². The SMILES string of the molecule is C=CCn1c(=O)c2cnc(Nc3ccc4c(c3)OCC(C)(C)O4)nc2n1-c1cccc(C(C)(C)O)n1. The van der Waals surface area contributed by atoms with Crippen molar-refractivity contribution in [2.75, 3.05) is 11.9 Å². The summed E-state index contributed by atoms with van der Waals surface area (Å²) in [5, 5.41) is 14.0. The van der Waals surface area contributed by atoms with Crippen molar-refractivity contribution in [1.29, 1.82) is 0 Å². The van der Waals surface area contributed by atoms with Gasteiger partial charge in [-0.15, -0.1) is 6.58 Å². The number of pyridine rings is 1. The second-order valence-electron chi connectivity index (χ2n) is 9.80. The number of hydrogen-bond acceptors (Lipinski definition) is 8. The van der Waals surface area contributed by atoms with Crippen molar-refractivity contribution < 1.29 is 14.6 Å². The first-order valence-electron chi connectivity index (χ1n) is 11.6. The van der Waals surface area contributed by atoms with E-state index in [-0.39, 0.29) is 12.1 Å². The van der Waals surface area contributed by atoms with Gasteiger partial charge < -0.3 is 19.9 Å². The summed E-state index contributed by atoms with van der Waals surface area (Å²) >= 11 is 0. The number of fused-ring (bicyclic) bond motifs is 2. The van der Waals surface area contributed by atoms with E-state index in [1.807, 2.05) is 32.0 Å². The number of nitrogens with one attached hydrogen (secondary N) is 1. The Hall–Kier alpha value is -4.18. The van der Waals surface area contributed by atoms with Gasteiger partial charge in [0.05, 0.1) is 12.2 Å². The molecule has 2 N–H and O–H groups in total. The summed E-state index contributed by atoms with van der Waals surface area (Å²) in [7, 11) is 0. The lowest BCUT2D eigenvalue weighted by atomic mass is 10.1. The molecule has 0 bridgehead atoms. The number of nitrogens with zero attached hydrogens (tertiary/aromatic N) is 5. The maximum absolute atomic E-state index is 13.2. The molecule has 1 aliphatic rings. The molecule has 0 amide bonds. The highest BCUT2D eigenvalue weighted by molar-refractivity contribution is 5.77. The number of aliphatic hydroxyl groups is 1. The Morgan fingerprint density at radius 3 is 2.78 bits per heavy atom. The number of anilines is 2. The Labute approximate surface area is 207 Å². The zero-order chi connectivity index (χ0) is 25.7. The summed E-state index contributed by atoms with van der Waals surface area (Å²) < 4.78 is 14.9. The summed E-state index contributed by atoms with van der Waals surface area (Å²) in [6.07, 6.45) is 3.11. The molecule has 4 heterocycles. The van der Waals surface area contributed by atoms with Gasteiger partial charge in [0.25, 0.3) is 5.56 Å². The van der Waals surface area contributed by atoms with Gasteiger partial charge in [0.2, 0.25) is 5.95 Å². The molecule has 0 aliphatic carbocycles. The van der Waals surface area contributed by atoms with Crippen LogP contribution in [0.5, 0.6) is 11.5 Å². The summed E-state index contributed by atoms with van der Waals surface area (Å²) in [5.74, 6) is 2.03. The summed E-state index contributed by atoms with van der Waals surface area (Å²) in [6, 6.07) is 10.8. The van der Waals surface area contributed by atoms with Crippen LogP contribution >= 0.6 is 0 Å². The smallest absolute Gasteiger partial charge is 0.278 e. The molecule has 1 aliphatic heterocycles. The van der Waals surface area contributed by atoms with Crippen LogP contribution in [0.4, 0.5) is 11.6 Å². The van der Waals surface area contributed by atoms with Crippen LogP contribution in [0.2, 0.25) is 0 Å². The van der Waals surface area contributed by atoms with Gasteiger partial charge in [-0.1, -0.05) is 12.1 Å². The van der Waals surface area contributed by atoms with Crippen LogP contribution < -0.4 is 20.3 Å². The monoisotopic (exact) mass is 488 g/mol. The highest BCUT2D eigenvalue weighted by Gasteiger charge is 2.28. The molecule has 1 aromatic carbocycles. The molecule has 36 heavy (non-hydrogen) atoms. The molecule has 0 saturated heterocycles. The lowest BCUT2D eigenvalue weighted by Gasteiger charge is -2.32. The lowest BCUT2D eigenvalue weighted by Crippen LogP contribution is -2.38. The fraction of sp³-hybridized carbons (Fsp3) is 0.308. The van der Waals surface area contributed by atoms with Crippen molar-refractivity contribution in [3.05, 3.63) is 71.3 Å². The molecule has 0 atom stereocenters. The quantitative estimate of drug-likeness (QED) is 0.395. The average molecular weight is 489 g/mol. The molecule has 0 saturated carbocycles. The van der Waals surface area contributed by atoms with E-state index in [4.69, 9.17) is 9.47 Å². The lowest BCUT2D eigenvalue weighted by molar-refractivity contribution is 0.0214. The van der Waals surface area contributed by atoms with E-state index in [0.29, 0.717) is 52.3 Å². The summed E-state index contributed by atoms with van der Waals surface area (Å²) in [4.78, 5) is 26.8. The van der Waals surface area contributed by atoms with Crippen molar-refractivity contribution in [2.24, 2.45) is 0 Å². The van der Waals surface area contributed by atoms with Crippen LogP contribution in [-0.4, -0.2) is 41.6 Å². The van der Waals surface area contributed by atoms with Gasteiger partial charge in [0.15, 0.2) is 23.0 Å². The van der Waals surface area contributed by atoms with Crippen LogP contribution in [0.3, 0.4) is 0 Å². The van der Waals surface area contributed by atoms with Gasteiger partial charge in [-0.2, -0.15) is 4.98 Å². The Kier molecular flexibility index (Phi) is 5.55. The molecule has 10 nitrogen and oxygen atoms in total. The van der Waals surface area contributed by atoms with Crippen LogP contribution in [-0.2, 0) is 12.1 Å². The fourth-order valence-electron chi connectivity index (χ4n) is 3.98. The van der Waals surface area contributed by atoms with Crippen LogP contribution in [0.1, 0.15) is 33.4 Å². The normalized spacial score (nSPS) is 14.6. The van der Waals surface area contributed by atoms with E-state index in [1.165, 1.54) is 10.9 Å². The van der Waals surface area contributed by atoms with Gasteiger partial charge in [-0.25, -0.2) is 19.3 Å². The molecule has 4 aromatic rings. The fourth-order valence-corrected chi connectivity index (χ4v) is 3.98. The molecule has 0 radical (unpaired) electrons. The van der Waals surface area contributed by atoms with E-state index in [2.05, 4.69) is 26.8 Å². The molecule has 186 valence electrons. The molecule has 10 heteroatoms. The minimum absolute atomic E-state index is 0.241. The first kappa shape index (κ1) is 23.6. The van der Waals surface area contributed by atoms with E-state index < -0.39 is 11.2 Å². The first-order valence-corrected chi connectivity index (χ1v) is 11.6. The van der Waals surface area contributed by atoms with Gasteiger partial charge in [-0.3, -0.25) is 4.79 Å². The van der Waals surface area contributed by atoms with E-state index in [1.54, 1.807) is 42.8 Å². The zero-order valence-corrected chi connectivity index (χ0v) is 20.6. The molecule has 0 fully saturated rings. The molecule has 3 aromatic heterocycles. The van der Waals surface area contributed by atoms with Gasteiger partial charge in [0, 0.05) is 18.0 Å². The number of benzene rings is 1. The van der Waals surface area contributed by atoms with Crippen molar-refractivity contribution in [3.8, 4) is 17.3 Å². The Balaban J connectivity index is 1.58. The molecule has 0 unspecified atom stereocenters. The minimum atomic E-state index is -1.16. The Morgan fingerprint density at radius 2 is 2.03 bits per heavy atom. The number of rotatable bonds is 6. The van der Waals surface area contributed by atoms with E-state index in [0.717, 1.165) is 0 Å². The number of aromatic nitrogens is 5. The maximum atomic E-state index is 13.2. The topological polar surface area (TPSA) is 116 Å². The van der Waals surface area contributed by atoms with Crippen LogP contribution in [0.15, 0.2) is 60.0 Å². The van der Waals surface area contributed by atoms with Gasteiger partial charge in [0.1, 0.15) is 23.2 Å². The molecule has 5 rings (SSSR count). The highest BCUT2D eigenvalue weighted by atomic mass is 16.6. The van der Waals surface area contributed by atoms with Gasteiger partial charge >= 0.3 is 0 Å². The Morgan fingerprint density at radius 1 is 1.22 bits per heavy atom. The average Bonchev–Trinajstić information content (AvgIpc) is 3.09. The first-order chi connectivity index (χ1) is 17.1. The zero-order valence-electron chi connectivity index (χ0n) is 20.6. The van der Waals surface area contributed by atoms with Crippen molar-refractivity contribution >= 4 is 22.7 Å². The maximum Gasteiger partial charge on any atom is 0.278 e. The van der Waals surface area contributed by atoms with Crippen molar-refractivity contribution in [3.63, 3.8) is 0 Å². The third-order valence-corrected chi connectivity index (χ3v) is 5.72. The third-order valence-electron chi connectivity index (χ3n) is 5.72. The standard InChI is InChI=1S/C26H28N6O4/c1-6-12-31-23(33)17-14-27-24(28-16-10-11-18-19(13-16)35-15-25(2,3)36-18)30-22(17)32(31)21-9-7-8-20(29-21)26(4,5)34/h6-11,13-14,34H,1,12,15H2,2-5H3,(H,27,28,30). The van der Waals surface area contributed by atoms with Crippen LogP contribution in [0.25, 0.3) is 16.9 Å². The molecular formula is C26H28N6O4. The number of hydrogen-bond donors (Lipinski definition) is 2. The Bertz CT molecular complexity index is 1530. The van der Waals surface area contributed by atoms with Crippen molar-refractivity contribution in [1.82, 2.24) is 24.3 Å². The van der Waals surface area contributed by atoms with Gasteiger partial charge in [-0.05, 0) is 52.0 Å². The number of allylic oxidation sites excluding steroid dienone is 1. The summed E-state index contributed by atoms with van der Waals surface area (Å²) in [5.41, 5.74) is -0.274. The predicted molar refractivity (Wildman–Crippen MR) is 136 cm³/mol. The largest absolute Gasteiger partial charge is 0.485 e. The van der Waals surface area contributed by atoms with E-state index in [9.17, 15) is 9.90 Å². The number of ether oxygens (including phenoxy) is 2. The molecule has 0 spiro atoms. The highest BCUT2D eigenvalue weighted by Crippen LogP contribution is 2.37. The van der Waals surface area contributed by atoms with E-state index >= 15 is 0 Å². The molecular weight excluding hydrogens is 460 g/mol. The van der Waals surface area contributed by atoms with Crippen molar-refractivity contribution in [2.45, 2.75) is 45.4 Å². The third kappa shape index (κ3) is 4.31.